The summed E-state index contributed by atoms with van der Waals surface area (Å²) >= 11 is 0. The van der Waals surface area contributed by atoms with E-state index in [1.165, 1.54) is 6.42 Å². The zero-order valence-electron chi connectivity index (χ0n) is 9.83. The van der Waals surface area contributed by atoms with Crippen LogP contribution in [0, 0.1) is 18.3 Å². The molecule has 0 aromatic rings. The van der Waals surface area contributed by atoms with Crippen molar-refractivity contribution in [3.8, 4) is 12.3 Å². The third-order valence-electron chi connectivity index (χ3n) is 2.85. The topological polar surface area (TPSA) is 41.1 Å². The average molecular weight is 220 g/mol. The third-order valence-corrected chi connectivity index (χ3v) is 2.85. The van der Waals surface area contributed by atoms with Crippen molar-refractivity contribution in [2.75, 3.05) is 13.1 Å². The van der Waals surface area contributed by atoms with Gasteiger partial charge in [-0.05, 0) is 38.6 Å². The lowest BCUT2D eigenvalue weighted by Crippen LogP contribution is -2.44. The Balaban J connectivity index is 2.18. The molecule has 2 N–H and O–H groups in total. The van der Waals surface area contributed by atoms with Crippen molar-refractivity contribution in [2.45, 2.75) is 32.2 Å². The number of carbonyl (C=O) groups excluding carboxylic acids is 1. The second-order valence-corrected chi connectivity index (χ2v) is 4.20. The molecule has 16 heavy (non-hydrogen) atoms. The summed E-state index contributed by atoms with van der Waals surface area (Å²) < 4.78 is 0. The van der Waals surface area contributed by atoms with Gasteiger partial charge in [0.2, 0.25) is 5.91 Å². The summed E-state index contributed by atoms with van der Waals surface area (Å²) in [7, 11) is 0. The van der Waals surface area contributed by atoms with E-state index in [0.29, 0.717) is 12.5 Å². The van der Waals surface area contributed by atoms with Crippen LogP contribution < -0.4 is 10.6 Å². The molecule has 1 amide bonds. The van der Waals surface area contributed by atoms with Gasteiger partial charge in [-0.15, -0.1) is 6.42 Å². The Kier molecular flexibility index (Phi) is 5.66. The number of carbonyl (C=O) groups is 1. The SMILES string of the molecule is C#CCNC(=O)C(C)NCC1CC=CCC1. The van der Waals surface area contributed by atoms with E-state index < -0.39 is 0 Å². The highest BCUT2D eigenvalue weighted by atomic mass is 16.2. The molecule has 3 heteroatoms. The van der Waals surface area contributed by atoms with Crippen LogP contribution in [0.25, 0.3) is 0 Å². The molecule has 0 radical (unpaired) electrons. The molecule has 0 fully saturated rings. The highest BCUT2D eigenvalue weighted by Gasteiger charge is 2.14. The van der Waals surface area contributed by atoms with Gasteiger partial charge in [0.05, 0.1) is 12.6 Å². The van der Waals surface area contributed by atoms with Crippen LogP contribution in [0.4, 0.5) is 0 Å². The smallest absolute Gasteiger partial charge is 0.237 e. The van der Waals surface area contributed by atoms with E-state index in [9.17, 15) is 4.79 Å². The number of amides is 1. The molecule has 3 nitrogen and oxygen atoms in total. The van der Waals surface area contributed by atoms with Crippen molar-refractivity contribution >= 4 is 5.91 Å². The molecule has 0 saturated heterocycles. The minimum atomic E-state index is -0.167. The van der Waals surface area contributed by atoms with Gasteiger partial charge in [-0.1, -0.05) is 18.1 Å². The predicted molar refractivity (Wildman–Crippen MR) is 65.8 cm³/mol. The maximum Gasteiger partial charge on any atom is 0.237 e. The van der Waals surface area contributed by atoms with Gasteiger partial charge >= 0.3 is 0 Å². The van der Waals surface area contributed by atoms with Crippen LogP contribution in [0.3, 0.4) is 0 Å². The zero-order valence-corrected chi connectivity index (χ0v) is 9.83. The second-order valence-electron chi connectivity index (χ2n) is 4.20. The molecule has 88 valence electrons. The Labute approximate surface area is 97.7 Å². The predicted octanol–water partition coefficient (Wildman–Crippen LogP) is 1.07. The molecule has 0 aliphatic heterocycles. The first-order valence-corrected chi connectivity index (χ1v) is 5.83. The summed E-state index contributed by atoms with van der Waals surface area (Å²) in [6.45, 7) is 3.07. The van der Waals surface area contributed by atoms with Crippen LogP contribution in [-0.4, -0.2) is 25.0 Å². The van der Waals surface area contributed by atoms with E-state index in [1.54, 1.807) is 0 Å². The van der Waals surface area contributed by atoms with Gasteiger partial charge in [0.1, 0.15) is 0 Å². The fraction of sp³-hybridized carbons (Fsp3) is 0.615. The van der Waals surface area contributed by atoms with E-state index in [1.807, 2.05) is 6.92 Å². The molecule has 0 heterocycles. The number of allylic oxidation sites excluding steroid dienone is 2. The molecule has 0 aromatic heterocycles. The fourth-order valence-electron chi connectivity index (χ4n) is 1.77. The summed E-state index contributed by atoms with van der Waals surface area (Å²) in [5.74, 6) is 3.03. The Morgan fingerprint density at radius 1 is 1.62 bits per heavy atom. The van der Waals surface area contributed by atoms with Crippen LogP contribution in [0.1, 0.15) is 26.2 Å². The maximum atomic E-state index is 11.5. The van der Waals surface area contributed by atoms with Crippen LogP contribution in [0.5, 0.6) is 0 Å². The van der Waals surface area contributed by atoms with Crippen molar-refractivity contribution in [1.82, 2.24) is 10.6 Å². The molecular formula is C13H20N2O. The fourth-order valence-corrected chi connectivity index (χ4v) is 1.77. The van der Waals surface area contributed by atoms with Crippen LogP contribution in [0.2, 0.25) is 0 Å². The van der Waals surface area contributed by atoms with E-state index in [2.05, 4.69) is 28.7 Å². The molecule has 1 rings (SSSR count). The number of hydrogen-bond donors (Lipinski definition) is 2. The van der Waals surface area contributed by atoms with Gasteiger partial charge in [0, 0.05) is 0 Å². The standard InChI is InChI=1S/C13H20N2O/c1-3-9-14-13(16)11(2)15-10-12-7-5-4-6-8-12/h1,4-5,11-12,15H,6-10H2,2H3,(H,14,16). The van der Waals surface area contributed by atoms with Gasteiger partial charge in [0.25, 0.3) is 0 Å². The second kappa shape index (κ2) is 7.08. The van der Waals surface area contributed by atoms with Gasteiger partial charge in [0.15, 0.2) is 0 Å². The van der Waals surface area contributed by atoms with Crippen LogP contribution in [0.15, 0.2) is 12.2 Å². The van der Waals surface area contributed by atoms with Gasteiger partial charge < -0.3 is 10.6 Å². The van der Waals surface area contributed by atoms with Gasteiger partial charge in [-0.25, -0.2) is 0 Å². The Morgan fingerprint density at radius 2 is 2.44 bits per heavy atom. The van der Waals surface area contributed by atoms with Crippen molar-refractivity contribution in [2.24, 2.45) is 5.92 Å². The number of hydrogen-bond acceptors (Lipinski definition) is 2. The van der Waals surface area contributed by atoms with Gasteiger partial charge in [-0.3, -0.25) is 4.79 Å². The summed E-state index contributed by atoms with van der Waals surface area (Å²) in [4.78, 5) is 11.5. The van der Waals surface area contributed by atoms with E-state index in [0.717, 1.165) is 19.4 Å². The summed E-state index contributed by atoms with van der Waals surface area (Å²) in [6, 6.07) is -0.167. The first-order chi connectivity index (χ1) is 7.74. The molecule has 0 aromatic carbocycles. The number of rotatable bonds is 5. The number of nitrogens with one attached hydrogen (secondary N) is 2. The van der Waals surface area contributed by atoms with E-state index >= 15 is 0 Å². The van der Waals surface area contributed by atoms with Crippen molar-refractivity contribution in [1.29, 1.82) is 0 Å². The quantitative estimate of drug-likeness (QED) is 0.537. The first kappa shape index (κ1) is 12.8. The minimum Gasteiger partial charge on any atom is -0.344 e. The lowest BCUT2D eigenvalue weighted by atomic mass is 9.94. The highest BCUT2D eigenvalue weighted by molar-refractivity contribution is 5.81. The Morgan fingerprint density at radius 3 is 3.06 bits per heavy atom. The number of terminal acetylenes is 1. The molecule has 0 saturated carbocycles. The third kappa shape index (κ3) is 4.50. The average Bonchev–Trinajstić information content (AvgIpc) is 2.34. The summed E-state index contributed by atoms with van der Waals surface area (Å²) in [5, 5.41) is 5.91. The summed E-state index contributed by atoms with van der Waals surface area (Å²) in [6.07, 6.45) is 13.0. The van der Waals surface area contributed by atoms with Crippen LogP contribution >= 0.6 is 0 Å². The Bertz CT molecular complexity index is 291. The lowest BCUT2D eigenvalue weighted by Gasteiger charge is -2.20. The first-order valence-electron chi connectivity index (χ1n) is 5.83. The van der Waals surface area contributed by atoms with Crippen molar-refractivity contribution < 1.29 is 4.79 Å². The van der Waals surface area contributed by atoms with E-state index in [4.69, 9.17) is 6.42 Å². The lowest BCUT2D eigenvalue weighted by molar-refractivity contribution is -0.122. The van der Waals surface area contributed by atoms with E-state index in [-0.39, 0.29) is 11.9 Å². The molecule has 2 atom stereocenters. The molecular weight excluding hydrogens is 200 g/mol. The maximum absolute atomic E-state index is 11.5. The van der Waals surface area contributed by atoms with Crippen molar-refractivity contribution in [3.63, 3.8) is 0 Å². The molecule has 1 aliphatic rings. The Hall–Kier alpha value is -1.27. The molecule has 2 unspecified atom stereocenters. The van der Waals surface area contributed by atoms with Crippen LogP contribution in [-0.2, 0) is 4.79 Å². The zero-order chi connectivity index (χ0) is 11.8. The van der Waals surface area contributed by atoms with Crippen molar-refractivity contribution in [3.05, 3.63) is 12.2 Å². The monoisotopic (exact) mass is 220 g/mol. The normalized spacial score (nSPS) is 21.1. The molecule has 0 spiro atoms. The molecule has 1 aliphatic carbocycles. The van der Waals surface area contributed by atoms with Gasteiger partial charge in [-0.2, -0.15) is 0 Å². The highest BCUT2D eigenvalue weighted by Crippen LogP contribution is 2.16. The summed E-state index contributed by atoms with van der Waals surface area (Å²) in [5.41, 5.74) is 0. The largest absolute Gasteiger partial charge is 0.344 e. The minimum absolute atomic E-state index is 0.0238. The molecule has 0 bridgehead atoms.